The number of anilines is 1. The van der Waals surface area contributed by atoms with Crippen LogP contribution < -0.4 is 5.73 Å². The first kappa shape index (κ1) is 18.7. The highest BCUT2D eigenvalue weighted by Crippen LogP contribution is 2.64. The third-order valence-electron chi connectivity index (χ3n) is 9.62. The van der Waals surface area contributed by atoms with Gasteiger partial charge in [-0.05, 0) is 92.3 Å². The number of aromatic nitrogens is 2. The molecule has 0 aromatic carbocycles. The molecule has 1 aromatic heterocycles. The average Bonchev–Trinajstić information content (AvgIpc) is 3.23. The van der Waals surface area contributed by atoms with E-state index in [-0.39, 0.29) is 0 Å². The van der Waals surface area contributed by atoms with Crippen LogP contribution in [-0.2, 0) is 6.54 Å². The first-order valence-electron chi connectivity index (χ1n) is 11.8. The highest BCUT2D eigenvalue weighted by atomic mass is 15.3. The lowest BCUT2D eigenvalue weighted by atomic mass is 9.49. The number of rotatable bonds is 3. The molecule has 4 nitrogen and oxygen atoms in total. The maximum absolute atomic E-state index is 8.88. The lowest BCUT2D eigenvalue weighted by molar-refractivity contribution is -0.0609. The van der Waals surface area contributed by atoms with Crippen molar-refractivity contribution in [3.63, 3.8) is 0 Å². The summed E-state index contributed by atoms with van der Waals surface area (Å²) in [6.07, 6.45) is 16.3. The number of nitrogens with two attached hydrogens (primary N) is 1. The van der Waals surface area contributed by atoms with Crippen molar-refractivity contribution in [2.45, 2.75) is 78.2 Å². The van der Waals surface area contributed by atoms with Gasteiger partial charge in [-0.3, -0.25) is 4.68 Å². The SMILES string of the molecule is CC1CCC2C(CCC3C2CCC2(C)C(C(=N)Cn4cc(N)cn4)CCC32)C1. The Bertz CT molecular complexity index is 739. The van der Waals surface area contributed by atoms with Crippen molar-refractivity contribution in [1.82, 2.24) is 9.78 Å². The zero-order valence-corrected chi connectivity index (χ0v) is 17.7. The fourth-order valence-electron chi connectivity index (χ4n) is 8.41. The molecule has 28 heavy (non-hydrogen) atoms. The van der Waals surface area contributed by atoms with E-state index in [0.717, 1.165) is 41.2 Å². The molecule has 4 heteroatoms. The van der Waals surface area contributed by atoms with Crippen molar-refractivity contribution >= 4 is 11.4 Å². The number of nitrogen functional groups attached to an aromatic ring is 1. The number of hydrogen-bond acceptors (Lipinski definition) is 3. The predicted molar refractivity (Wildman–Crippen MR) is 114 cm³/mol. The molecule has 0 aliphatic heterocycles. The predicted octanol–water partition coefficient (Wildman–Crippen LogP) is 5.39. The van der Waals surface area contributed by atoms with Gasteiger partial charge in [-0.25, -0.2) is 0 Å². The van der Waals surface area contributed by atoms with Crippen LogP contribution in [0.1, 0.15) is 71.6 Å². The molecule has 0 radical (unpaired) electrons. The first-order valence-corrected chi connectivity index (χ1v) is 11.8. The van der Waals surface area contributed by atoms with E-state index >= 15 is 0 Å². The van der Waals surface area contributed by atoms with Crippen LogP contribution in [0.2, 0.25) is 0 Å². The van der Waals surface area contributed by atoms with Gasteiger partial charge in [0.2, 0.25) is 0 Å². The summed E-state index contributed by atoms with van der Waals surface area (Å²) >= 11 is 0. The van der Waals surface area contributed by atoms with Crippen LogP contribution in [0.3, 0.4) is 0 Å². The second-order valence-corrected chi connectivity index (χ2v) is 11.0. The van der Waals surface area contributed by atoms with E-state index < -0.39 is 0 Å². The highest BCUT2D eigenvalue weighted by molar-refractivity contribution is 5.84. The summed E-state index contributed by atoms with van der Waals surface area (Å²) in [6.45, 7) is 5.62. The van der Waals surface area contributed by atoms with E-state index in [9.17, 15) is 0 Å². The number of nitrogens with zero attached hydrogens (tertiary/aromatic N) is 2. The zero-order chi connectivity index (χ0) is 19.5. The van der Waals surface area contributed by atoms with Crippen molar-refractivity contribution in [1.29, 1.82) is 5.41 Å². The van der Waals surface area contributed by atoms with Gasteiger partial charge in [0.15, 0.2) is 0 Å². The molecule has 154 valence electrons. The molecule has 4 aliphatic rings. The van der Waals surface area contributed by atoms with Gasteiger partial charge in [-0.1, -0.05) is 20.3 Å². The molecule has 0 saturated heterocycles. The van der Waals surface area contributed by atoms with Crippen molar-refractivity contribution in [3.05, 3.63) is 12.4 Å². The second kappa shape index (κ2) is 6.88. The van der Waals surface area contributed by atoms with Crippen LogP contribution in [0.4, 0.5) is 5.69 Å². The Morgan fingerprint density at radius 2 is 1.96 bits per heavy atom. The van der Waals surface area contributed by atoms with Crippen LogP contribution in [-0.4, -0.2) is 15.5 Å². The fraction of sp³-hybridized carbons (Fsp3) is 0.833. The summed E-state index contributed by atoms with van der Waals surface area (Å²) in [5, 5.41) is 13.2. The average molecular weight is 383 g/mol. The van der Waals surface area contributed by atoms with E-state index in [1.165, 1.54) is 57.8 Å². The van der Waals surface area contributed by atoms with E-state index in [2.05, 4.69) is 18.9 Å². The highest BCUT2D eigenvalue weighted by Gasteiger charge is 2.57. The van der Waals surface area contributed by atoms with Crippen molar-refractivity contribution < 1.29 is 0 Å². The largest absolute Gasteiger partial charge is 0.396 e. The maximum atomic E-state index is 8.88. The Kier molecular flexibility index (Phi) is 4.59. The monoisotopic (exact) mass is 382 g/mol. The lowest BCUT2D eigenvalue weighted by Crippen LogP contribution is -2.49. The molecule has 4 saturated carbocycles. The summed E-state index contributed by atoms with van der Waals surface area (Å²) in [7, 11) is 0. The van der Waals surface area contributed by atoms with Gasteiger partial charge in [0.05, 0.1) is 18.4 Å². The minimum Gasteiger partial charge on any atom is -0.396 e. The summed E-state index contributed by atoms with van der Waals surface area (Å²) in [5.41, 5.74) is 7.74. The Morgan fingerprint density at radius 1 is 1.14 bits per heavy atom. The van der Waals surface area contributed by atoms with Crippen LogP contribution in [0.15, 0.2) is 12.4 Å². The van der Waals surface area contributed by atoms with Gasteiger partial charge in [0, 0.05) is 17.8 Å². The van der Waals surface area contributed by atoms with Crippen LogP contribution >= 0.6 is 0 Å². The summed E-state index contributed by atoms with van der Waals surface area (Å²) in [5.74, 6) is 6.21. The molecular weight excluding hydrogens is 344 g/mol. The van der Waals surface area contributed by atoms with E-state index in [1.807, 2.05) is 10.9 Å². The fourth-order valence-corrected chi connectivity index (χ4v) is 8.41. The van der Waals surface area contributed by atoms with Crippen LogP contribution in [0.25, 0.3) is 0 Å². The van der Waals surface area contributed by atoms with E-state index in [0.29, 0.717) is 23.6 Å². The van der Waals surface area contributed by atoms with Crippen molar-refractivity contribution in [3.8, 4) is 0 Å². The topological polar surface area (TPSA) is 67.7 Å². The van der Waals surface area contributed by atoms with Crippen molar-refractivity contribution in [2.75, 3.05) is 5.73 Å². The van der Waals surface area contributed by atoms with Gasteiger partial charge in [-0.15, -0.1) is 0 Å². The van der Waals surface area contributed by atoms with Gasteiger partial charge >= 0.3 is 0 Å². The normalized spacial score (nSPS) is 45.1. The summed E-state index contributed by atoms with van der Waals surface area (Å²) in [4.78, 5) is 0. The Balaban J connectivity index is 1.32. The van der Waals surface area contributed by atoms with Gasteiger partial charge in [0.1, 0.15) is 0 Å². The first-order chi connectivity index (χ1) is 13.5. The quantitative estimate of drug-likeness (QED) is 0.688. The standard InChI is InChI=1S/C24H38N4/c1-15-3-5-18-16(11-15)4-6-20-19(18)9-10-24(2)21(20)7-8-22(24)23(26)14-28-13-17(25)12-27-28/h12-13,15-16,18-22,26H,3-11,14,25H2,1-2H3. The van der Waals surface area contributed by atoms with E-state index in [4.69, 9.17) is 11.1 Å². The van der Waals surface area contributed by atoms with Gasteiger partial charge < -0.3 is 11.1 Å². The molecule has 1 heterocycles. The molecule has 0 bridgehead atoms. The molecule has 3 N–H and O–H groups in total. The zero-order valence-electron chi connectivity index (χ0n) is 17.7. The molecule has 4 fully saturated rings. The maximum Gasteiger partial charge on any atom is 0.0788 e. The third kappa shape index (κ3) is 2.93. The second-order valence-electron chi connectivity index (χ2n) is 11.0. The smallest absolute Gasteiger partial charge is 0.0788 e. The Morgan fingerprint density at radius 3 is 2.75 bits per heavy atom. The minimum atomic E-state index is 0.339. The summed E-state index contributed by atoms with van der Waals surface area (Å²) < 4.78 is 1.86. The molecule has 4 aliphatic carbocycles. The summed E-state index contributed by atoms with van der Waals surface area (Å²) in [6, 6.07) is 0. The molecule has 8 atom stereocenters. The molecule has 5 rings (SSSR count). The van der Waals surface area contributed by atoms with Crippen LogP contribution in [0, 0.1) is 52.2 Å². The number of nitrogens with one attached hydrogen (secondary N) is 1. The third-order valence-corrected chi connectivity index (χ3v) is 9.62. The van der Waals surface area contributed by atoms with E-state index in [1.54, 1.807) is 6.20 Å². The van der Waals surface area contributed by atoms with Crippen LogP contribution in [0.5, 0.6) is 0 Å². The molecule has 0 spiro atoms. The molecular formula is C24H38N4. The molecule has 1 aromatic rings. The van der Waals surface area contributed by atoms with Gasteiger partial charge in [-0.2, -0.15) is 5.10 Å². The Labute approximate surface area is 170 Å². The number of hydrogen-bond donors (Lipinski definition) is 2. The van der Waals surface area contributed by atoms with Gasteiger partial charge in [0.25, 0.3) is 0 Å². The minimum absolute atomic E-state index is 0.339. The molecule has 8 unspecified atom stereocenters. The molecule has 0 amide bonds. The van der Waals surface area contributed by atoms with Crippen molar-refractivity contribution in [2.24, 2.45) is 46.8 Å². The lowest BCUT2D eigenvalue weighted by Gasteiger charge is -2.56. The number of fused-ring (bicyclic) bond motifs is 5. The Hall–Kier alpha value is -1.32.